The molecule has 0 atom stereocenters. The van der Waals surface area contributed by atoms with Gasteiger partial charge in [0.15, 0.2) is 0 Å². The standard InChI is InChI=1S/C16H12INO2S/c1-20-13-7-6-10(8-11(13)17)9-15-16(19)18-12-4-2-3-5-14(12)21-15/h2-9H,1H3,(H,18,19)/b15-9-. The van der Waals surface area contributed by atoms with Crippen LogP contribution in [0.4, 0.5) is 5.69 Å². The van der Waals surface area contributed by atoms with E-state index in [0.717, 1.165) is 25.5 Å². The van der Waals surface area contributed by atoms with Gasteiger partial charge in [-0.1, -0.05) is 30.0 Å². The number of benzene rings is 2. The lowest BCUT2D eigenvalue weighted by Gasteiger charge is -2.18. The van der Waals surface area contributed by atoms with E-state index in [1.807, 2.05) is 48.5 Å². The van der Waals surface area contributed by atoms with E-state index < -0.39 is 0 Å². The molecule has 21 heavy (non-hydrogen) atoms. The topological polar surface area (TPSA) is 38.3 Å². The monoisotopic (exact) mass is 409 g/mol. The minimum absolute atomic E-state index is 0.0653. The summed E-state index contributed by atoms with van der Waals surface area (Å²) in [4.78, 5) is 13.9. The van der Waals surface area contributed by atoms with Gasteiger partial charge in [0.05, 0.1) is 21.3 Å². The molecule has 1 amide bonds. The van der Waals surface area contributed by atoms with Crippen molar-refractivity contribution in [3.8, 4) is 5.75 Å². The van der Waals surface area contributed by atoms with Gasteiger partial charge in [0.1, 0.15) is 5.75 Å². The number of carbonyl (C=O) groups is 1. The van der Waals surface area contributed by atoms with Crippen LogP contribution >= 0.6 is 34.4 Å². The van der Waals surface area contributed by atoms with E-state index in [1.54, 1.807) is 7.11 Å². The smallest absolute Gasteiger partial charge is 0.262 e. The highest BCUT2D eigenvalue weighted by molar-refractivity contribution is 14.1. The molecule has 3 nitrogen and oxygen atoms in total. The Bertz CT molecular complexity index is 743. The van der Waals surface area contributed by atoms with Gasteiger partial charge in [-0.15, -0.1) is 0 Å². The molecule has 1 heterocycles. The molecule has 0 aromatic heterocycles. The number of ether oxygens (including phenoxy) is 1. The fraction of sp³-hybridized carbons (Fsp3) is 0.0625. The number of para-hydroxylation sites is 1. The molecule has 1 aliphatic heterocycles. The van der Waals surface area contributed by atoms with Gasteiger partial charge in [0.25, 0.3) is 5.91 Å². The van der Waals surface area contributed by atoms with E-state index in [-0.39, 0.29) is 5.91 Å². The van der Waals surface area contributed by atoms with Crippen molar-refractivity contribution in [3.63, 3.8) is 0 Å². The van der Waals surface area contributed by atoms with Gasteiger partial charge in [0.2, 0.25) is 0 Å². The quantitative estimate of drug-likeness (QED) is 0.591. The Morgan fingerprint density at radius 1 is 1.24 bits per heavy atom. The Kier molecular flexibility index (Phi) is 4.21. The van der Waals surface area contributed by atoms with Crippen LogP contribution in [0.25, 0.3) is 6.08 Å². The number of hydrogen-bond donors (Lipinski definition) is 1. The van der Waals surface area contributed by atoms with Crippen LogP contribution in [0.3, 0.4) is 0 Å². The molecule has 2 aromatic rings. The van der Waals surface area contributed by atoms with E-state index in [9.17, 15) is 4.79 Å². The van der Waals surface area contributed by atoms with Crippen molar-refractivity contribution in [2.24, 2.45) is 0 Å². The first-order valence-corrected chi connectivity index (χ1v) is 8.20. The van der Waals surface area contributed by atoms with Crippen LogP contribution in [0.15, 0.2) is 52.3 Å². The summed E-state index contributed by atoms with van der Waals surface area (Å²) in [7, 11) is 1.65. The van der Waals surface area contributed by atoms with Crippen LogP contribution in [-0.2, 0) is 4.79 Å². The van der Waals surface area contributed by atoms with Gasteiger partial charge in [-0.05, 0) is 58.5 Å². The number of methoxy groups -OCH3 is 1. The number of hydrogen-bond acceptors (Lipinski definition) is 3. The highest BCUT2D eigenvalue weighted by Crippen LogP contribution is 2.38. The lowest BCUT2D eigenvalue weighted by molar-refractivity contribution is -0.112. The molecular formula is C16H12INO2S. The minimum atomic E-state index is -0.0653. The van der Waals surface area contributed by atoms with E-state index in [1.165, 1.54) is 11.8 Å². The van der Waals surface area contributed by atoms with E-state index in [0.29, 0.717) is 4.91 Å². The summed E-state index contributed by atoms with van der Waals surface area (Å²) in [6.45, 7) is 0. The molecule has 1 aliphatic rings. The van der Waals surface area contributed by atoms with Crippen LogP contribution in [0.5, 0.6) is 5.75 Å². The maximum Gasteiger partial charge on any atom is 0.262 e. The van der Waals surface area contributed by atoms with Gasteiger partial charge in [-0.2, -0.15) is 0 Å². The van der Waals surface area contributed by atoms with Crippen molar-refractivity contribution >= 4 is 52.0 Å². The van der Waals surface area contributed by atoms with Crippen LogP contribution in [0.2, 0.25) is 0 Å². The van der Waals surface area contributed by atoms with E-state index in [2.05, 4.69) is 27.9 Å². The number of nitrogens with one attached hydrogen (secondary N) is 1. The maximum atomic E-state index is 12.1. The molecule has 0 aliphatic carbocycles. The van der Waals surface area contributed by atoms with Crippen molar-refractivity contribution < 1.29 is 9.53 Å². The van der Waals surface area contributed by atoms with Crippen molar-refractivity contribution in [3.05, 3.63) is 56.5 Å². The molecule has 0 saturated heterocycles. The lowest BCUT2D eigenvalue weighted by Crippen LogP contribution is -2.17. The third-order valence-electron chi connectivity index (χ3n) is 3.05. The maximum absolute atomic E-state index is 12.1. The van der Waals surface area contributed by atoms with Crippen molar-refractivity contribution in [1.29, 1.82) is 0 Å². The van der Waals surface area contributed by atoms with E-state index >= 15 is 0 Å². The summed E-state index contributed by atoms with van der Waals surface area (Å²) >= 11 is 3.72. The Morgan fingerprint density at radius 3 is 2.81 bits per heavy atom. The summed E-state index contributed by atoms with van der Waals surface area (Å²) in [5.74, 6) is 0.772. The number of halogens is 1. The molecule has 3 rings (SSSR count). The number of amides is 1. The molecular weight excluding hydrogens is 397 g/mol. The Hall–Kier alpha value is -1.47. The average molecular weight is 409 g/mol. The van der Waals surface area contributed by atoms with Gasteiger partial charge >= 0.3 is 0 Å². The summed E-state index contributed by atoms with van der Waals surface area (Å²) in [5, 5.41) is 2.91. The first-order chi connectivity index (χ1) is 10.2. The molecule has 0 fully saturated rings. The largest absolute Gasteiger partial charge is 0.496 e. The molecule has 1 N–H and O–H groups in total. The van der Waals surface area contributed by atoms with Crippen LogP contribution < -0.4 is 10.1 Å². The fourth-order valence-corrected chi connectivity index (χ4v) is 3.74. The zero-order valence-electron chi connectivity index (χ0n) is 11.2. The van der Waals surface area contributed by atoms with Crippen LogP contribution in [0, 0.1) is 3.57 Å². The number of carbonyl (C=O) groups excluding carboxylic acids is 1. The first-order valence-electron chi connectivity index (χ1n) is 6.31. The van der Waals surface area contributed by atoms with Gasteiger partial charge in [-0.3, -0.25) is 4.79 Å². The second-order valence-electron chi connectivity index (χ2n) is 4.45. The van der Waals surface area contributed by atoms with Crippen molar-refractivity contribution in [2.45, 2.75) is 4.90 Å². The summed E-state index contributed by atoms with van der Waals surface area (Å²) in [6, 6.07) is 13.7. The first kappa shape index (κ1) is 14.5. The third kappa shape index (κ3) is 3.08. The van der Waals surface area contributed by atoms with Crippen LogP contribution in [0.1, 0.15) is 5.56 Å². The SMILES string of the molecule is COc1ccc(/C=C2\Sc3ccccc3NC2=O)cc1I. The molecule has 0 unspecified atom stereocenters. The van der Waals surface area contributed by atoms with Crippen molar-refractivity contribution in [2.75, 3.05) is 12.4 Å². The second-order valence-corrected chi connectivity index (χ2v) is 6.70. The Morgan fingerprint density at radius 2 is 2.05 bits per heavy atom. The molecule has 0 saturated carbocycles. The fourth-order valence-electron chi connectivity index (χ4n) is 2.03. The summed E-state index contributed by atoms with van der Waals surface area (Å²) < 4.78 is 6.26. The third-order valence-corrected chi connectivity index (χ3v) is 4.99. The van der Waals surface area contributed by atoms with Gasteiger partial charge < -0.3 is 10.1 Å². The second kappa shape index (κ2) is 6.11. The number of anilines is 1. The Labute approximate surface area is 140 Å². The zero-order chi connectivity index (χ0) is 14.8. The summed E-state index contributed by atoms with van der Waals surface area (Å²) in [6.07, 6.45) is 1.90. The zero-order valence-corrected chi connectivity index (χ0v) is 14.2. The number of fused-ring (bicyclic) bond motifs is 1. The highest BCUT2D eigenvalue weighted by atomic mass is 127. The molecule has 5 heteroatoms. The van der Waals surface area contributed by atoms with Gasteiger partial charge in [0, 0.05) is 4.90 Å². The average Bonchev–Trinajstić information content (AvgIpc) is 2.48. The number of thioether (sulfide) groups is 1. The molecule has 0 bridgehead atoms. The predicted octanol–water partition coefficient (Wildman–Crippen LogP) is 4.39. The van der Waals surface area contributed by atoms with Crippen molar-refractivity contribution in [1.82, 2.24) is 0 Å². The Balaban J connectivity index is 1.93. The van der Waals surface area contributed by atoms with Gasteiger partial charge in [-0.25, -0.2) is 0 Å². The molecule has 0 spiro atoms. The number of rotatable bonds is 2. The summed E-state index contributed by atoms with van der Waals surface area (Å²) in [5.41, 5.74) is 1.85. The van der Waals surface area contributed by atoms with Crippen LogP contribution in [-0.4, -0.2) is 13.0 Å². The highest BCUT2D eigenvalue weighted by Gasteiger charge is 2.20. The molecule has 106 valence electrons. The normalized spacial score (nSPS) is 15.5. The minimum Gasteiger partial charge on any atom is -0.496 e. The molecule has 0 radical (unpaired) electrons. The molecule has 2 aromatic carbocycles. The lowest BCUT2D eigenvalue weighted by atomic mass is 10.2. The van der Waals surface area contributed by atoms with E-state index in [4.69, 9.17) is 4.74 Å². The predicted molar refractivity (Wildman–Crippen MR) is 94.6 cm³/mol.